The zero-order valence-electron chi connectivity index (χ0n) is 14.4. The Kier molecular flexibility index (Phi) is 5.77. The largest absolute Gasteiger partial charge is 0.459 e. The van der Waals surface area contributed by atoms with Crippen molar-refractivity contribution in [3.8, 4) is 0 Å². The van der Waals surface area contributed by atoms with E-state index in [1.807, 2.05) is 18.2 Å². The molecule has 0 aliphatic carbocycles. The van der Waals surface area contributed by atoms with Crippen LogP contribution < -0.4 is 10.6 Å². The summed E-state index contributed by atoms with van der Waals surface area (Å²) >= 11 is 1.25. The number of nitrogens with one attached hydrogen (secondary N) is 3. The minimum atomic E-state index is -0.462. The van der Waals surface area contributed by atoms with Gasteiger partial charge in [0, 0.05) is 24.2 Å². The lowest BCUT2D eigenvalue weighted by Gasteiger charge is -2.04. The molecule has 3 rings (SSSR count). The minimum Gasteiger partial charge on any atom is -0.459 e. The van der Waals surface area contributed by atoms with E-state index >= 15 is 0 Å². The zero-order chi connectivity index (χ0) is 19.2. The van der Waals surface area contributed by atoms with Gasteiger partial charge in [0.25, 0.3) is 5.91 Å². The lowest BCUT2D eigenvalue weighted by molar-refractivity contribution is -0.144. The van der Waals surface area contributed by atoms with Crippen molar-refractivity contribution in [1.82, 2.24) is 20.5 Å². The van der Waals surface area contributed by atoms with Gasteiger partial charge in [-0.2, -0.15) is 5.10 Å². The number of anilines is 1. The summed E-state index contributed by atoms with van der Waals surface area (Å²) < 4.78 is 5.11. The Morgan fingerprint density at radius 1 is 1.26 bits per heavy atom. The van der Waals surface area contributed by atoms with Crippen molar-refractivity contribution in [3.05, 3.63) is 41.0 Å². The Hall–Kier alpha value is -3.27. The van der Waals surface area contributed by atoms with Gasteiger partial charge in [-0.25, -0.2) is 4.98 Å². The normalized spacial score (nSPS) is 10.6. The molecule has 2 aromatic heterocycles. The van der Waals surface area contributed by atoms with E-state index in [2.05, 4.69) is 25.8 Å². The first kappa shape index (κ1) is 18.5. The fraction of sp³-hybridized carbons (Fsp3) is 0.235. The Bertz CT molecular complexity index is 981. The number of aromatic amines is 1. The number of amides is 2. The number of hydrogen-bond acceptors (Lipinski definition) is 7. The third-order valence-corrected chi connectivity index (χ3v) is 4.32. The van der Waals surface area contributed by atoms with Gasteiger partial charge in [0.15, 0.2) is 10.8 Å². The van der Waals surface area contributed by atoms with Crippen LogP contribution in [0.15, 0.2) is 29.6 Å². The summed E-state index contributed by atoms with van der Waals surface area (Å²) in [7, 11) is 0. The molecule has 0 radical (unpaired) electrons. The average Bonchev–Trinajstić information content (AvgIpc) is 3.26. The predicted molar refractivity (Wildman–Crippen MR) is 99.3 cm³/mol. The van der Waals surface area contributed by atoms with Gasteiger partial charge < -0.3 is 15.4 Å². The molecule has 27 heavy (non-hydrogen) atoms. The number of aromatic nitrogens is 3. The third kappa shape index (κ3) is 4.88. The summed E-state index contributed by atoms with van der Waals surface area (Å²) in [5.74, 6) is -1.04. The van der Waals surface area contributed by atoms with Crippen LogP contribution in [0.1, 0.15) is 29.5 Å². The molecule has 140 valence electrons. The molecule has 0 bridgehead atoms. The number of fused-ring (bicyclic) bond motifs is 1. The molecule has 0 aliphatic heterocycles. The summed E-state index contributed by atoms with van der Waals surface area (Å²) in [6, 6.07) is 7.29. The molecule has 2 heterocycles. The second-order valence-corrected chi connectivity index (χ2v) is 6.47. The molecule has 0 unspecified atom stereocenters. The fourth-order valence-corrected chi connectivity index (χ4v) is 3.05. The lowest BCUT2D eigenvalue weighted by Crippen LogP contribution is -2.27. The number of H-pyrrole nitrogens is 1. The fourth-order valence-electron chi connectivity index (χ4n) is 2.31. The van der Waals surface area contributed by atoms with E-state index in [0.717, 1.165) is 10.9 Å². The molecule has 10 heteroatoms. The maximum Gasteiger partial charge on any atom is 0.307 e. The monoisotopic (exact) mass is 387 g/mol. The van der Waals surface area contributed by atoms with Crippen LogP contribution in [0.25, 0.3) is 10.9 Å². The molecule has 0 aliphatic rings. The predicted octanol–water partition coefficient (Wildman–Crippen LogP) is 1.84. The summed E-state index contributed by atoms with van der Waals surface area (Å²) in [4.78, 5) is 39.0. The highest BCUT2D eigenvalue weighted by molar-refractivity contribution is 7.13. The SMILES string of the molecule is CC(=O)Nc1nc(COC(=O)CCNC(=O)c2n[nH]c3ccccc23)cs1. The van der Waals surface area contributed by atoms with Gasteiger partial charge in [-0.1, -0.05) is 18.2 Å². The van der Waals surface area contributed by atoms with Gasteiger partial charge in [0.2, 0.25) is 5.91 Å². The highest BCUT2D eigenvalue weighted by atomic mass is 32.1. The molecular formula is C17H17N5O4S. The summed E-state index contributed by atoms with van der Waals surface area (Å²) in [6.07, 6.45) is 0.0246. The molecule has 1 aromatic carbocycles. The van der Waals surface area contributed by atoms with Crippen molar-refractivity contribution >= 4 is 45.2 Å². The van der Waals surface area contributed by atoms with Crippen LogP contribution in [0.5, 0.6) is 0 Å². The topological polar surface area (TPSA) is 126 Å². The quantitative estimate of drug-likeness (QED) is 0.531. The maximum absolute atomic E-state index is 12.2. The van der Waals surface area contributed by atoms with E-state index in [4.69, 9.17) is 4.74 Å². The van der Waals surface area contributed by atoms with Gasteiger partial charge in [0.1, 0.15) is 6.61 Å². The van der Waals surface area contributed by atoms with Crippen LogP contribution >= 0.6 is 11.3 Å². The van der Waals surface area contributed by atoms with E-state index < -0.39 is 5.97 Å². The van der Waals surface area contributed by atoms with Gasteiger partial charge in [-0.3, -0.25) is 19.5 Å². The number of ether oxygens (including phenoxy) is 1. The zero-order valence-corrected chi connectivity index (χ0v) is 15.3. The van der Waals surface area contributed by atoms with E-state index in [0.29, 0.717) is 10.8 Å². The standard InChI is InChI=1S/C17H17N5O4S/c1-10(23)19-17-20-11(9-27-17)8-26-14(24)6-7-18-16(25)15-12-4-2-3-5-13(12)21-22-15/h2-5,9H,6-8H2,1H3,(H,18,25)(H,21,22)(H,19,20,23). The van der Waals surface area contributed by atoms with Crippen LogP contribution in [-0.4, -0.2) is 39.5 Å². The third-order valence-electron chi connectivity index (χ3n) is 3.52. The molecule has 3 aromatic rings. The van der Waals surface area contributed by atoms with E-state index in [9.17, 15) is 14.4 Å². The molecule has 9 nitrogen and oxygen atoms in total. The van der Waals surface area contributed by atoms with Crippen LogP contribution in [-0.2, 0) is 20.9 Å². The van der Waals surface area contributed by atoms with E-state index in [1.165, 1.54) is 18.3 Å². The second-order valence-electron chi connectivity index (χ2n) is 5.61. The van der Waals surface area contributed by atoms with Crippen molar-refractivity contribution in [2.24, 2.45) is 0 Å². The van der Waals surface area contributed by atoms with Gasteiger partial charge in [0.05, 0.1) is 17.6 Å². The van der Waals surface area contributed by atoms with Crippen LogP contribution in [0, 0.1) is 0 Å². The van der Waals surface area contributed by atoms with Gasteiger partial charge in [-0.05, 0) is 6.07 Å². The summed E-state index contributed by atoms with van der Waals surface area (Å²) in [6.45, 7) is 1.53. The molecule has 0 saturated heterocycles. The minimum absolute atomic E-state index is 0.00681. The summed E-state index contributed by atoms with van der Waals surface area (Å²) in [5, 5.41) is 14.9. The van der Waals surface area contributed by atoms with Gasteiger partial charge in [-0.15, -0.1) is 11.3 Å². The first-order valence-electron chi connectivity index (χ1n) is 8.12. The second kappa shape index (κ2) is 8.41. The number of nitrogens with zero attached hydrogens (tertiary/aromatic N) is 2. The van der Waals surface area contributed by atoms with Crippen molar-refractivity contribution in [2.75, 3.05) is 11.9 Å². The summed E-state index contributed by atoms with van der Waals surface area (Å²) in [5.41, 5.74) is 1.60. The molecule has 0 saturated carbocycles. The number of benzene rings is 1. The number of hydrogen-bond donors (Lipinski definition) is 3. The highest BCUT2D eigenvalue weighted by Crippen LogP contribution is 2.16. The first-order chi connectivity index (χ1) is 13.0. The van der Waals surface area contributed by atoms with Crippen LogP contribution in [0.4, 0.5) is 5.13 Å². The highest BCUT2D eigenvalue weighted by Gasteiger charge is 2.14. The Morgan fingerprint density at radius 3 is 2.89 bits per heavy atom. The maximum atomic E-state index is 12.2. The van der Waals surface area contributed by atoms with Crippen molar-refractivity contribution in [2.45, 2.75) is 20.0 Å². The van der Waals surface area contributed by atoms with Crippen LogP contribution in [0.3, 0.4) is 0 Å². The number of esters is 1. The molecule has 2 amide bonds. The van der Waals surface area contributed by atoms with Crippen molar-refractivity contribution in [3.63, 3.8) is 0 Å². The van der Waals surface area contributed by atoms with Gasteiger partial charge >= 0.3 is 5.97 Å². The average molecular weight is 387 g/mol. The number of carbonyl (C=O) groups excluding carboxylic acids is 3. The number of carbonyl (C=O) groups is 3. The Labute approximate surface area is 158 Å². The number of thiazole rings is 1. The van der Waals surface area contributed by atoms with Crippen LogP contribution in [0.2, 0.25) is 0 Å². The molecule has 0 fully saturated rings. The molecule has 3 N–H and O–H groups in total. The smallest absolute Gasteiger partial charge is 0.307 e. The number of para-hydroxylation sites is 1. The lowest BCUT2D eigenvalue weighted by atomic mass is 10.2. The van der Waals surface area contributed by atoms with E-state index in [-0.39, 0.29) is 37.1 Å². The van der Waals surface area contributed by atoms with E-state index in [1.54, 1.807) is 11.4 Å². The molecule has 0 spiro atoms. The molecule has 0 atom stereocenters. The van der Waals surface area contributed by atoms with Crippen molar-refractivity contribution < 1.29 is 19.1 Å². The Balaban J connectivity index is 1.42. The number of rotatable bonds is 7. The first-order valence-corrected chi connectivity index (χ1v) is 9.00. The Morgan fingerprint density at radius 2 is 2.07 bits per heavy atom. The molecular weight excluding hydrogens is 370 g/mol. The van der Waals surface area contributed by atoms with Crippen molar-refractivity contribution in [1.29, 1.82) is 0 Å².